The monoisotopic (exact) mass is 391 g/mol. The number of aromatic nitrogens is 1. The van der Waals surface area contributed by atoms with Crippen molar-refractivity contribution in [3.8, 4) is 5.75 Å². The molecule has 0 bridgehead atoms. The summed E-state index contributed by atoms with van der Waals surface area (Å²) < 4.78 is 21.3. The fourth-order valence-electron chi connectivity index (χ4n) is 3.07. The summed E-state index contributed by atoms with van der Waals surface area (Å²) in [5.41, 5.74) is 1.27. The minimum absolute atomic E-state index is 0.200. The second-order valence-electron chi connectivity index (χ2n) is 6.88. The molecule has 4 rings (SSSR count). The molecule has 5 nitrogen and oxygen atoms in total. The third-order valence-electron chi connectivity index (χ3n) is 4.59. The van der Waals surface area contributed by atoms with Crippen LogP contribution in [0.1, 0.15) is 24.8 Å². The van der Waals surface area contributed by atoms with Gasteiger partial charge in [-0.15, -0.1) is 4.72 Å². The lowest BCUT2D eigenvalue weighted by Gasteiger charge is -2.17. The van der Waals surface area contributed by atoms with Gasteiger partial charge in [0.1, 0.15) is 5.75 Å². The van der Waals surface area contributed by atoms with Gasteiger partial charge < -0.3 is 9.29 Å². The molecular weight excluding hydrogens is 370 g/mol. The van der Waals surface area contributed by atoms with Crippen LogP contribution in [0.4, 0.5) is 0 Å². The van der Waals surface area contributed by atoms with Gasteiger partial charge in [0, 0.05) is 25.7 Å². The predicted octanol–water partition coefficient (Wildman–Crippen LogP) is 3.16. The first-order chi connectivity index (χ1) is 12.7. The van der Waals surface area contributed by atoms with Crippen molar-refractivity contribution >= 4 is 23.0 Å². The highest BCUT2D eigenvalue weighted by Crippen LogP contribution is 2.27. The van der Waals surface area contributed by atoms with Gasteiger partial charge in [-0.25, -0.2) is 4.98 Å². The van der Waals surface area contributed by atoms with E-state index in [1.807, 2.05) is 0 Å². The molecule has 0 radical (unpaired) electrons. The number of likely N-dealkylation sites (tertiary alicyclic amines) is 1. The van der Waals surface area contributed by atoms with E-state index in [4.69, 9.17) is 16.3 Å². The zero-order valence-corrected chi connectivity index (χ0v) is 16.0. The van der Waals surface area contributed by atoms with Crippen LogP contribution in [0.2, 0.25) is 5.02 Å². The second-order valence-corrected chi connectivity index (χ2v) is 8.51. The van der Waals surface area contributed by atoms with Crippen molar-refractivity contribution in [1.82, 2.24) is 14.6 Å². The van der Waals surface area contributed by atoms with Crippen LogP contribution in [0.3, 0.4) is 0 Å². The third kappa shape index (κ3) is 4.90. The highest BCUT2D eigenvalue weighted by molar-refractivity contribution is 7.89. The lowest BCUT2D eigenvalue weighted by molar-refractivity contribution is 0.302. The molecule has 138 valence electrons. The second kappa shape index (κ2) is 8.15. The van der Waals surface area contributed by atoms with Gasteiger partial charge in [0.15, 0.2) is 0 Å². The summed E-state index contributed by atoms with van der Waals surface area (Å²) in [5.74, 6) is 0.961. The standard InChI is InChI=1S/C19H22ClN3O2S/c20-15-3-8-19(21-11-15)26(24)22-16-9-10-23(13-16)12-14-1-4-17(5-2-14)25-18-6-7-18/h1-5,8,11,16,18,22H,6-7,9-10,12-13H2/t16-,26+/m1/s1. The van der Waals surface area contributed by atoms with E-state index in [9.17, 15) is 4.55 Å². The molecule has 2 atom stereocenters. The van der Waals surface area contributed by atoms with Gasteiger partial charge in [-0.1, -0.05) is 23.7 Å². The van der Waals surface area contributed by atoms with Crippen molar-refractivity contribution < 1.29 is 9.29 Å². The van der Waals surface area contributed by atoms with Crippen LogP contribution in [0.15, 0.2) is 47.6 Å². The molecule has 1 N–H and O–H groups in total. The molecule has 2 fully saturated rings. The van der Waals surface area contributed by atoms with Gasteiger partial charge in [-0.2, -0.15) is 0 Å². The number of hydrogen-bond donors (Lipinski definition) is 1. The molecule has 0 amide bonds. The molecular formula is C19H22ClN3O2S. The Bertz CT molecular complexity index is 725. The van der Waals surface area contributed by atoms with Crippen LogP contribution in [0.25, 0.3) is 0 Å². The Balaban J connectivity index is 1.26. The smallest absolute Gasteiger partial charge is 0.265 e. The number of halogens is 1. The van der Waals surface area contributed by atoms with Crippen LogP contribution in [0.5, 0.6) is 5.75 Å². The van der Waals surface area contributed by atoms with Crippen LogP contribution < -0.4 is 9.46 Å². The zero-order chi connectivity index (χ0) is 17.9. The molecule has 1 aromatic carbocycles. The van der Waals surface area contributed by atoms with E-state index in [2.05, 4.69) is 38.9 Å². The summed E-state index contributed by atoms with van der Waals surface area (Å²) in [6, 6.07) is 12.0. The van der Waals surface area contributed by atoms with E-state index < -0.39 is 11.4 Å². The number of ether oxygens (including phenoxy) is 1. The lowest BCUT2D eigenvalue weighted by Crippen LogP contribution is -2.37. The van der Waals surface area contributed by atoms with Crippen molar-refractivity contribution in [1.29, 1.82) is 0 Å². The van der Waals surface area contributed by atoms with Crippen LogP contribution in [-0.4, -0.2) is 39.7 Å². The lowest BCUT2D eigenvalue weighted by atomic mass is 10.2. The maximum Gasteiger partial charge on any atom is 0.265 e. The van der Waals surface area contributed by atoms with Crippen molar-refractivity contribution in [3.63, 3.8) is 0 Å². The number of rotatable bonds is 7. The van der Waals surface area contributed by atoms with Gasteiger partial charge in [-0.05, 0) is 43.0 Å². The Hall–Kier alpha value is -1.31. The van der Waals surface area contributed by atoms with Crippen molar-refractivity contribution in [2.75, 3.05) is 13.1 Å². The summed E-state index contributed by atoms with van der Waals surface area (Å²) >= 11 is 4.51. The Morgan fingerprint density at radius 1 is 1.19 bits per heavy atom. The normalized spacial score (nSPS) is 21.7. The molecule has 2 aromatic rings. The molecule has 1 aliphatic heterocycles. The Labute approximate surface area is 162 Å². The number of nitrogens with one attached hydrogen (secondary N) is 1. The van der Waals surface area contributed by atoms with Crippen LogP contribution in [-0.2, 0) is 17.9 Å². The van der Waals surface area contributed by atoms with Crippen molar-refractivity contribution in [3.05, 3.63) is 53.2 Å². The number of pyridine rings is 1. The number of hydrogen-bond acceptors (Lipinski definition) is 5. The molecule has 1 aliphatic carbocycles. The SMILES string of the molecule is [O-][S@+](N[C@@H]1CCN(Cc2ccc(OC3CC3)cc2)C1)c1ccc(Cl)cn1. The third-order valence-corrected chi connectivity index (χ3v) is 5.99. The summed E-state index contributed by atoms with van der Waals surface area (Å²) in [4.78, 5) is 6.50. The van der Waals surface area contributed by atoms with Crippen molar-refractivity contribution in [2.45, 2.75) is 43.0 Å². The largest absolute Gasteiger partial charge is 0.592 e. The maximum atomic E-state index is 12.4. The molecule has 0 unspecified atom stereocenters. The van der Waals surface area contributed by atoms with E-state index in [1.54, 1.807) is 12.1 Å². The van der Waals surface area contributed by atoms with E-state index in [0.717, 1.165) is 31.8 Å². The van der Waals surface area contributed by atoms with E-state index in [-0.39, 0.29) is 6.04 Å². The Kier molecular flexibility index (Phi) is 5.66. The molecule has 1 aromatic heterocycles. The average molecular weight is 392 g/mol. The summed E-state index contributed by atoms with van der Waals surface area (Å²) in [7, 11) is 0. The van der Waals surface area contributed by atoms with Gasteiger partial charge in [0.2, 0.25) is 0 Å². The first-order valence-electron chi connectivity index (χ1n) is 8.93. The average Bonchev–Trinajstić information content (AvgIpc) is 3.35. The number of nitrogens with zero attached hydrogens (tertiary/aromatic N) is 2. The Morgan fingerprint density at radius 2 is 2.00 bits per heavy atom. The van der Waals surface area contributed by atoms with Gasteiger partial charge >= 0.3 is 0 Å². The molecule has 1 saturated carbocycles. The van der Waals surface area contributed by atoms with E-state index in [0.29, 0.717) is 16.2 Å². The molecule has 0 spiro atoms. The predicted molar refractivity (Wildman–Crippen MR) is 103 cm³/mol. The quantitative estimate of drug-likeness (QED) is 0.734. The molecule has 1 saturated heterocycles. The number of benzene rings is 1. The zero-order valence-electron chi connectivity index (χ0n) is 14.4. The highest BCUT2D eigenvalue weighted by atomic mass is 35.5. The summed E-state index contributed by atoms with van der Waals surface area (Å²) in [5, 5.41) is 1.06. The first kappa shape index (κ1) is 18.1. The first-order valence-corrected chi connectivity index (χ1v) is 10.5. The minimum Gasteiger partial charge on any atom is -0.592 e. The maximum absolute atomic E-state index is 12.4. The summed E-state index contributed by atoms with van der Waals surface area (Å²) in [6.45, 7) is 2.76. The van der Waals surface area contributed by atoms with Crippen LogP contribution in [0, 0.1) is 0 Å². The van der Waals surface area contributed by atoms with Gasteiger partial charge in [-0.3, -0.25) is 4.90 Å². The fourth-order valence-corrected chi connectivity index (χ4v) is 4.13. The van der Waals surface area contributed by atoms with Crippen LogP contribution >= 0.6 is 11.6 Å². The summed E-state index contributed by atoms with van der Waals surface area (Å²) in [6.07, 6.45) is 5.28. The van der Waals surface area contributed by atoms with E-state index in [1.165, 1.54) is 24.6 Å². The van der Waals surface area contributed by atoms with E-state index >= 15 is 0 Å². The topological polar surface area (TPSA) is 60.5 Å². The molecule has 2 heterocycles. The molecule has 7 heteroatoms. The molecule has 2 aliphatic rings. The Morgan fingerprint density at radius 3 is 2.69 bits per heavy atom. The van der Waals surface area contributed by atoms with Gasteiger partial charge in [0.05, 0.1) is 34.7 Å². The van der Waals surface area contributed by atoms with Crippen molar-refractivity contribution in [2.24, 2.45) is 0 Å². The van der Waals surface area contributed by atoms with Gasteiger partial charge in [0.25, 0.3) is 5.03 Å². The minimum atomic E-state index is -1.31. The highest BCUT2D eigenvalue weighted by Gasteiger charge is 2.27. The molecule has 26 heavy (non-hydrogen) atoms. The fraction of sp³-hybridized carbons (Fsp3) is 0.421.